The number of rotatable bonds is 3. The summed E-state index contributed by atoms with van der Waals surface area (Å²) in [6.45, 7) is 7.26. The molecule has 3 N–H and O–H groups in total. The number of aromatic amines is 1. The van der Waals surface area contributed by atoms with Gasteiger partial charge in [0.15, 0.2) is 0 Å². The van der Waals surface area contributed by atoms with Crippen molar-refractivity contribution in [1.29, 1.82) is 0 Å². The van der Waals surface area contributed by atoms with Crippen molar-refractivity contribution < 1.29 is 8.42 Å². The Hall–Kier alpha value is -2.41. The van der Waals surface area contributed by atoms with Gasteiger partial charge in [-0.05, 0) is 57.0 Å². The van der Waals surface area contributed by atoms with Crippen molar-refractivity contribution in [2.45, 2.75) is 32.4 Å². The van der Waals surface area contributed by atoms with Gasteiger partial charge in [-0.1, -0.05) is 0 Å². The number of aryl methyl sites for hydroxylation is 1. The summed E-state index contributed by atoms with van der Waals surface area (Å²) in [7, 11) is -2.69. The minimum Gasteiger partial charge on any atom is -0.398 e. The number of H-pyrrole nitrogens is 1. The van der Waals surface area contributed by atoms with Gasteiger partial charge in [0.25, 0.3) is 0 Å². The van der Waals surface area contributed by atoms with E-state index in [1.54, 1.807) is 26.1 Å². The second kappa shape index (κ2) is 5.59. The molecule has 0 spiro atoms. The predicted molar refractivity (Wildman–Crippen MR) is 96.6 cm³/mol. The van der Waals surface area contributed by atoms with Gasteiger partial charge < -0.3 is 5.73 Å². The monoisotopic (exact) mass is 344 g/mol. The first-order valence-electron chi connectivity index (χ1n) is 7.58. The van der Waals surface area contributed by atoms with Gasteiger partial charge in [0, 0.05) is 28.5 Å². The molecule has 0 fully saturated rings. The van der Waals surface area contributed by atoms with E-state index in [2.05, 4.69) is 15.2 Å². The van der Waals surface area contributed by atoms with Gasteiger partial charge in [0.05, 0.1) is 16.0 Å². The van der Waals surface area contributed by atoms with Crippen molar-refractivity contribution in [2.24, 2.45) is 0 Å². The van der Waals surface area contributed by atoms with E-state index in [1.165, 1.54) is 0 Å². The molecule has 3 rings (SSSR count). The number of thiol groups is 1. The number of nitrogens with one attached hydrogen (secondary N) is 1. The molecule has 0 atom stereocenters. The Morgan fingerprint density at radius 1 is 1.21 bits per heavy atom. The summed E-state index contributed by atoms with van der Waals surface area (Å²) in [4.78, 5) is 4.36. The van der Waals surface area contributed by atoms with E-state index in [0.29, 0.717) is 16.8 Å². The van der Waals surface area contributed by atoms with Gasteiger partial charge in [0.2, 0.25) is 0 Å². The molecule has 1 aromatic carbocycles. The number of anilines is 1. The van der Waals surface area contributed by atoms with E-state index in [-0.39, 0.29) is 0 Å². The molecule has 126 valence electrons. The molecule has 0 aliphatic heterocycles. The second-order valence-electron chi connectivity index (χ2n) is 6.45. The van der Waals surface area contributed by atoms with E-state index in [9.17, 15) is 8.42 Å². The molecule has 7 heteroatoms. The highest BCUT2D eigenvalue weighted by molar-refractivity contribution is 7.73. The molecule has 6 nitrogen and oxygen atoms in total. The normalized spacial score (nSPS) is 12.2. The SMILES string of the molecule is Cc1[nH]nc(-c2cc3nccc(N)c3cc2C(C)(C)[SH](=O)=O)c1C. The molecule has 0 bridgehead atoms. The molecule has 0 radical (unpaired) electrons. The molecule has 3 aromatic rings. The zero-order chi connectivity index (χ0) is 17.6. The van der Waals surface area contributed by atoms with Crippen LogP contribution in [0, 0.1) is 13.8 Å². The van der Waals surface area contributed by atoms with E-state index in [0.717, 1.165) is 27.9 Å². The van der Waals surface area contributed by atoms with Crippen molar-refractivity contribution in [1.82, 2.24) is 15.2 Å². The number of hydrogen-bond acceptors (Lipinski definition) is 5. The van der Waals surface area contributed by atoms with Crippen LogP contribution < -0.4 is 5.73 Å². The number of aromatic nitrogens is 3. The van der Waals surface area contributed by atoms with Crippen LogP contribution in [0.1, 0.15) is 30.7 Å². The van der Waals surface area contributed by atoms with Gasteiger partial charge in [-0.15, -0.1) is 0 Å². The first-order valence-corrected chi connectivity index (χ1v) is 8.76. The van der Waals surface area contributed by atoms with Gasteiger partial charge in [-0.2, -0.15) is 5.10 Å². The van der Waals surface area contributed by atoms with Crippen molar-refractivity contribution in [3.8, 4) is 11.3 Å². The minimum absolute atomic E-state index is 0.569. The molecule has 0 aliphatic rings. The number of fused-ring (bicyclic) bond motifs is 1. The number of nitrogen functional groups attached to an aromatic ring is 1. The molecular weight excluding hydrogens is 324 g/mol. The summed E-state index contributed by atoms with van der Waals surface area (Å²) >= 11 is 0. The lowest BCUT2D eigenvalue weighted by Gasteiger charge is -2.22. The number of nitrogens with two attached hydrogens (primary N) is 1. The zero-order valence-electron chi connectivity index (χ0n) is 14.0. The first kappa shape index (κ1) is 16.4. The molecular formula is C17H20N4O2S. The fraction of sp³-hybridized carbons (Fsp3) is 0.294. The van der Waals surface area contributed by atoms with Crippen molar-refractivity contribution in [2.75, 3.05) is 5.73 Å². The van der Waals surface area contributed by atoms with Crippen LogP contribution in [-0.2, 0) is 15.5 Å². The smallest absolute Gasteiger partial charge is 0.149 e. The molecule has 0 aliphatic carbocycles. The largest absolute Gasteiger partial charge is 0.398 e. The summed E-state index contributed by atoms with van der Waals surface area (Å²) in [5, 5.41) is 8.07. The fourth-order valence-corrected chi connectivity index (χ4v) is 3.14. The lowest BCUT2D eigenvalue weighted by Crippen LogP contribution is -2.20. The summed E-state index contributed by atoms with van der Waals surface area (Å²) in [5.41, 5.74) is 11.4. The minimum atomic E-state index is -2.69. The maximum atomic E-state index is 11.9. The highest BCUT2D eigenvalue weighted by Gasteiger charge is 2.30. The molecule has 2 aromatic heterocycles. The Labute approximate surface area is 142 Å². The summed E-state index contributed by atoms with van der Waals surface area (Å²) in [5.74, 6) is 0. The Morgan fingerprint density at radius 2 is 1.92 bits per heavy atom. The Kier molecular flexibility index (Phi) is 3.83. The van der Waals surface area contributed by atoms with Crippen molar-refractivity contribution in [3.05, 3.63) is 41.2 Å². The van der Waals surface area contributed by atoms with Crippen LogP contribution in [0.5, 0.6) is 0 Å². The van der Waals surface area contributed by atoms with Gasteiger partial charge in [-0.3, -0.25) is 10.1 Å². The van der Waals surface area contributed by atoms with Crippen LogP contribution in [-0.4, -0.2) is 23.6 Å². The summed E-state index contributed by atoms with van der Waals surface area (Å²) in [6, 6.07) is 5.39. The highest BCUT2D eigenvalue weighted by Crippen LogP contribution is 2.38. The Morgan fingerprint density at radius 3 is 2.50 bits per heavy atom. The molecule has 2 heterocycles. The van der Waals surface area contributed by atoms with E-state index in [4.69, 9.17) is 5.73 Å². The van der Waals surface area contributed by atoms with E-state index in [1.807, 2.05) is 26.0 Å². The third kappa shape index (κ3) is 2.45. The third-order valence-corrected chi connectivity index (χ3v) is 5.69. The zero-order valence-corrected chi connectivity index (χ0v) is 14.9. The molecule has 0 saturated carbocycles. The summed E-state index contributed by atoms with van der Waals surface area (Å²) in [6.07, 6.45) is 1.64. The predicted octanol–water partition coefficient (Wildman–Crippen LogP) is 2.67. The third-order valence-electron chi connectivity index (χ3n) is 4.54. The van der Waals surface area contributed by atoms with Gasteiger partial charge in [-0.25, -0.2) is 8.42 Å². The van der Waals surface area contributed by atoms with Crippen LogP contribution in [0.15, 0.2) is 24.4 Å². The lowest BCUT2D eigenvalue weighted by atomic mass is 9.91. The highest BCUT2D eigenvalue weighted by atomic mass is 32.2. The average molecular weight is 344 g/mol. The van der Waals surface area contributed by atoms with Crippen molar-refractivity contribution >= 4 is 27.3 Å². The average Bonchev–Trinajstić information content (AvgIpc) is 2.86. The number of benzene rings is 1. The van der Waals surface area contributed by atoms with E-state index >= 15 is 0 Å². The standard InChI is InChI=1S/C17H20N4O2S/c1-9-10(2)20-21-16(9)11-8-15-12(14(18)5-6-19-15)7-13(11)17(3,4)24(22)23/h5-8,24H,1-4H3,(H2,18,19)(H,20,21). The maximum Gasteiger partial charge on any atom is 0.149 e. The Bertz CT molecular complexity index is 1010. The van der Waals surface area contributed by atoms with Crippen molar-refractivity contribution in [3.63, 3.8) is 0 Å². The van der Waals surface area contributed by atoms with Crippen LogP contribution in [0.4, 0.5) is 5.69 Å². The molecule has 0 unspecified atom stereocenters. The van der Waals surface area contributed by atoms with Gasteiger partial charge in [0.1, 0.15) is 10.7 Å². The molecule has 0 saturated heterocycles. The van der Waals surface area contributed by atoms with Crippen LogP contribution >= 0.6 is 0 Å². The second-order valence-corrected chi connectivity index (χ2v) is 8.09. The van der Waals surface area contributed by atoms with Crippen LogP contribution in [0.25, 0.3) is 22.2 Å². The number of pyridine rings is 1. The quantitative estimate of drug-likeness (QED) is 0.634. The molecule has 24 heavy (non-hydrogen) atoms. The number of hydrogen-bond donors (Lipinski definition) is 3. The first-order chi connectivity index (χ1) is 11.2. The Balaban J connectivity index is 2.44. The van der Waals surface area contributed by atoms with Crippen LogP contribution in [0.3, 0.4) is 0 Å². The topological polar surface area (TPSA) is 102 Å². The maximum absolute atomic E-state index is 11.9. The summed E-state index contributed by atoms with van der Waals surface area (Å²) < 4.78 is 22.7. The fourth-order valence-electron chi connectivity index (χ4n) is 2.76. The van der Waals surface area contributed by atoms with Gasteiger partial charge >= 0.3 is 0 Å². The number of nitrogens with zero attached hydrogens (tertiary/aromatic N) is 2. The van der Waals surface area contributed by atoms with E-state index < -0.39 is 15.5 Å². The van der Waals surface area contributed by atoms with Crippen LogP contribution in [0.2, 0.25) is 0 Å². The lowest BCUT2D eigenvalue weighted by molar-refractivity contribution is 0.577. The molecule has 0 amide bonds.